The van der Waals surface area contributed by atoms with Crippen molar-refractivity contribution in [3.8, 4) is 0 Å². The maximum atomic E-state index is 13.3. The van der Waals surface area contributed by atoms with Crippen molar-refractivity contribution in [3.05, 3.63) is 0 Å². The lowest BCUT2D eigenvalue weighted by molar-refractivity contribution is -0.201. The lowest BCUT2D eigenvalue weighted by atomic mass is 9.53. The van der Waals surface area contributed by atoms with Crippen LogP contribution in [0.15, 0.2) is 0 Å². The highest BCUT2D eigenvalue weighted by Crippen LogP contribution is 2.55. The van der Waals surface area contributed by atoms with E-state index in [2.05, 4.69) is 0 Å². The van der Waals surface area contributed by atoms with Crippen molar-refractivity contribution in [1.29, 1.82) is 0 Å². The largest absolute Gasteiger partial charge is 0.465 e. The zero-order chi connectivity index (χ0) is 15.6. The highest BCUT2D eigenvalue weighted by Gasteiger charge is 2.61. The molecule has 0 aromatic carbocycles. The van der Waals surface area contributed by atoms with Gasteiger partial charge in [0.2, 0.25) is 0 Å². The van der Waals surface area contributed by atoms with E-state index in [1.807, 2.05) is 0 Å². The number of ether oxygens (including phenoxy) is 1. The van der Waals surface area contributed by atoms with Gasteiger partial charge in [-0.05, 0) is 38.0 Å². The molecule has 4 fully saturated rings. The smallest absolute Gasteiger partial charge is 0.454 e. The molecule has 4 aliphatic carbocycles. The van der Waals surface area contributed by atoms with Crippen LogP contribution in [0.4, 0.5) is 8.78 Å². The Morgan fingerprint density at radius 1 is 1.24 bits per heavy atom. The van der Waals surface area contributed by atoms with Crippen molar-refractivity contribution in [1.82, 2.24) is 0 Å². The molecule has 0 aromatic heterocycles. The van der Waals surface area contributed by atoms with Gasteiger partial charge in [0.05, 0.1) is 0 Å². The van der Waals surface area contributed by atoms with Crippen molar-refractivity contribution in [3.63, 3.8) is 0 Å². The molecule has 118 valence electrons. The molecule has 4 aliphatic rings. The van der Waals surface area contributed by atoms with Crippen LogP contribution in [0.25, 0.3) is 0 Å². The zero-order valence-electron chi connectivity index (χ0n) is 10.9. The lowest BCUT2D eigenvalue weighted by Crippen LogP contribution is -2.58. The summed E-state index contributed by atoms with van der Waals surface area (Å²) >= 11 is 0. The van der Waals surface area contributed by atoms with E-state index >= 15 is 0 Å². The Balaban J connectivity index is 1.83. The predicted molar refractivity (Wildman–Crippen MR) is 63.9 cm³/mol. The molecule has 0 aliphatic heterocycles. The molecular formula is C12H14F2O6S. The summed E-state index contributed by atoms with van der Waals surface area (Å²) in [6.45, 7) is 0. The molecule has 1 N–H and O–H groups in total. The molecular weight excluding hydrogens is 310 g/mol. The van der Waals surface area contributed by atoms with Gasteiger partial charge in [-0.25, -0.2) is 4.79 Å². The summed E-state index contributed by atoms with van der Waals surface area (Å²) in [7, 11) is -5.87. The number of esters is 1. The monoisotopic (exact) mass is 324 g/mol. The van der Waals surface area contributed by atoms with E-state index in [1.54, 1.807) is 0 Å². The van der Waals surface area contributed by atoms with Gasteiger partial charge in [-0.15, -0.1) is 0 Å². The number of Topliss-reactive ketones (excluding diaryl/α,β-unsaturated/α-hetero) is 1. The summed E-state index contributed by atoms with van der Waals surface area (Å²) in [6, 6.07) is 0. The highest BCUT2D eigenvalue weighted by molar-refractivity contribution is 7.87. The Morgan fingerprint density at radius 2 is 1.76 bits per heavy atom. The predicted octanol–water partition coefficient (Wildman–Crippen LogP) is 1.16. The van der Waals surface area contributed by atoms with E-state index in [4.69, 9.17) is 9.29 Å². The number of hydrogen-bond donors (Lipinski definition) is 1. The van der Waals surface area contributed by atoms with Crippen molar-refractivity contribution < 1.29 is 36.1 Å². The van der Waals surface area contributed by atoms with Crippen LogP contribution in [0.1, 0.15) is 32.1 Å². The molecule has 0 saturated heterocycles. The average Bonchev–Trinajstić information content (AvgIpc) is 2.32. The molecule has 4 atom stereocenters. The first-order chi connectivity index (χ1) is 9.54. The molecule has 21 heavy (non-hydrogen) atoms. The maximum Gasteiger partial charge on any atom is 0.465 e. The van der Waals surface area contributed by atoms with Crippen molar-refractivity contribution >= 4 is 21.9 Å². The van der Waals surface area contributed by atoms with Crippen LogP contribution >= 0.6 is 0 Å². The molecule has 4 rings (SSSR count). The first-order valence-corrected chi connectivity index (χ1v) is 8.10. The zero-order valence-corrected chi connectivity index (χ0v) is 11.7. The number of rotatable bonds is 3. The molecule has 2 unspecified atom stereocenters. The van der Waals surface area contributed by atoms with Crippen LogP contribution in [0.5, 0.6) is 0 Å². The normalized spacial score (nSPS) is 38.6. The summed E-state index contributed by atoms with van der Waals surface area (Å²) in [6.07, 6.45) is 2.02. The van der Waals surface area contributed by atoms with Gasteiger partial charge >= 0.3 is 21.3 Å². The summed E-state index contributed by atoms with van der Waals surface area (Å²) in [5.41, 5.74) is -1.20. The molecule has 0 amide bonds. The number of alkyl halides is 2. The molecule has 0 aromatic rings. The Bertz CT molecular complexity index is 595. The molecule has 6 nitrogen and oxygen atoms in total. The van der Waals surface area contributed by atoms with E-state index in [9.17, 15) is 26.8 Å². The van der Waals surface area contributed by atoms with Gasteiger partial charge < -0.3 is 4.74 Å². The molecule has 0 spiro atoms. The summed E-state index contributed by atoms with van der Waals surface area (Å²) in [4.78, 5) is 23.4. The van der Waals surface area contributed by atoms with Gasteiger partial charge in [-0.2, -0.15) is 17.2 Å². The minimum atomic E-state index is -5.87. The average molecular weight is 324 g/mol. The lowest BCUT2D eigenvalue weighted by Gasteiger charge is -2.54. The van der Waals surface area contributed by atoms with Gasteiger partial charge in [0, 0.05) is 11.8 Å². The fourth-order valence-electron chi connectivity index (χ4n) is 4.16. The summed E-state index contributed by atoms with van der Waals surface area (Å²) < 4.78 is 61.0. The van der Waals surface area contributed by atoms with E-state index < -0.39 is 26.9 Å². The van der Waals surface area contributed by atoms with E-state index in [-0.39, 0.29) is 36.4 Å². The third-order valence-electron chi connectivity index (χ3n) is 4.81. The number of ketones is 1. The number of carbonyl (C=O) groups is 2. The van der Waals surface area contributed by atoms with Crippen LogP contribution in [0.2, 0.25) is 0 Å². The van der Waals surface area contributed by atoms with E-state index in [1.165, 1.54) is 0 Å². The SMILES string of the molecule is O=C1[C@@H]2CC3C[C@H]1CC(OC(=O)C(F)(F)S(=O)(=O)O)(C3)C2. The molecule has 0 radical (unpaired) electrons. The summed E-state index contributed by atoms with van der Waals surface area (Å²) in [5, 5.41) is -4.99. The number of halogens is 2. The minimum Gasteiger partial charge on any atom is -0.454 e. The van der Waals surface area contributed by atoms with Crippen LogP contribution in [0, 0.1) is 17.8 Å². The van der Waals surface area contributed by atoms with E-state index in [0.717, 1.165) is 0 Å². The van der Waals surface area contributed by atoms with Crippen molar-refractivity contribution in [2.45, 2.75) is 43.0 Å². The second-order valence-electron chi connectivity index (χ2n) is 6.31. The summed E-state index contributed by atoms with van der Waals surface area (Å²) in [5.74, 6) is -2.65. The molecule has 4 saturated carbocycles. The second-order valence-corrected chi connectivity index (χ2v) is 7.77. The topological polar surface area (TPSA) is 97.7 Å². The van der Waals surface area contributed by atoms with Gasteiger partial charge in [-0.3, -0.25) is 9.35 Å². The Labute approximate surface area is 119 Å². The van der Waals surface area contributed by atoms with Gasteiger partial charge in [-0.1, -0.05) is 0 Å². The van der Waals surface area contributed by atoms with Crippen LogP contribution in [-0.2, 0) is 24.4 Å². The molecule has 0 heterocycles. The van der Waals surface area contributed by atoms with Crippen LogP contribution < -0.4 is 0 Å². The molecule has 4 bridgehead atoms. The van der Waals surface area contributed by atoms with Crippen molar-refractivity contribution in [2.75, 3.05) is 0 Å². The fraction of sp³-hybridized carbons (Fsp3) is 0.833. The fourth-order valence-corrected chi connectivity index (χ4v) is 4.41. The van der Waals surface area contributed by atoms with Gasteiger partial charge in [0.1, 0.15) is 11.4 Å². The Hall–Kier alpha value is -1.09. The third kappa shape index (κ3) is 2.17. The standard InChI is InChI=1S/C12H14F2O6S/c13-12(14,21(17,18)19)10(16)20-11-3-6-1-7(4-11)9(15)8(2-6)5-11/h6-8H,1-5H2,(H,17,18,19)/t6?,7-,8+,11?. The second kappa shape index (κ2) is 4.22. The Kier molecular flexibility index (Phi) is 2.98. The van der Waals surface area contributed by atoms with Crippen molar-refractivity contribution in [2.24, 2.45) is 17.8 Å². The van der Waals surface area contributed by atoms with Gasteiger partial charge in [0.15, 0.2) is 0 Å². The van der Waals surface area contributed by atoms with Crippen LogP contribution in [0.3, 0.4) is 0 Å². The highest BCUT2D eigenvalue weighted by atomic mass is 32.2. The number of hydrogen-bond acceptors (Lipinski definition) is 5. The van der Waals surface area contributed by atoms with Crippen LogP contribution in [-0.4, -0.2) is 35.6 Å². The minimum absolute atomic E-state index is 0.0826. The van der Waals surface area contributed by atoms with Gasteiger partial charge in [0.25, 0.3) is 0 Å². The first kappa shape index (κ1) is 14.8. The third-order valence-corrected chi connectivity index (χ3v) is 5.62. The Morgan fingerprint density at radius 3 is 2.24 bits per heavy atom. The van der Waals surface area contributed by atoms with E-state index in [0.29, 0.717) is 19.3 Å². The number of carbonyl (C=O) groups excluding carboxylic acids is 2. The first-order valence-electron chi connectivity index (χ1n) is 6.66. The quantitative estimate of drug-likeness (QED) is 0.618. The maximum absolute atomic E-state index is 13.3. The molecule has 9 heteroatoms.